The van der Waals surface area contributed by atoms with Gasteiger partial charge in [0.25, 0.3) is 11.8 Å². The third-order valence-electron chi connectivity index (χ3n) is 3.69. The lowest BCUT2D eigenvalue weighted by atomic mass is 10.1. The Morgan fingerprint density at radius 2 is 1.59 bits per heavy atom. The predicted octanol–water partition coefficient (Wildman–Crippen LogP) is 3.00. The molecule has 22 heavy (non-hydrogen) atoms. The van der Waals surface area contributed by atoms with Gasteiger partial charge in [-0.1, -0.05) is 17.7 Å². The summed E-state index contributed by atoms with van der Waals surface area (Å²) in [5, 5.41) is 4.30. The van der Waals surface area contributed by atoms with E-state index in [-0.39, 0.29) is 11.8 Å². The van der Waals surface area contributed by atoms with Crippen molar-refractivity contribution in [3.8, 4) is 0 Å². The van der Waals surface area contributed by atoms with Crippen LogP contribution in [-0.2, 0) is 0 Å². The van der Waals surface area contributed by atoms with Crippen molar-refractivity contribution in [3.05, 3.63) is 57.2 Å². The fourth-order valence-corrected chi connectivity index (χ4v) is 3.31. The van der Waals surface area contributed by atoms with E-state index in [9.17, 15) is 9.59 Å². The average Bonchev–Trinajstić information content (AvgIpc) is 3.08. The van der Waals surface area contributed by atoms with Crippen LogP contribution < -0.4 is 0 Å². The van der Waals surface area contributed by atoms with Crippen molar-refractivity contribution in [2.75, 3.05) is 26.2 Å². The number of piperazine rings is 1. The number of carbonyl (C=O) groups is 2. The molecule has 1 aliphatic rings. The standard InChI is InChI=1S/C16H15ClN2O2S/c17-14-3-1-2-12(10-14)15(20)18-5-7-19(8-6-18)16(21)13-4-9-22-11-13/h1-4,9-11H,5-8H2. The number of hydrogen-bond acceptors (Lipinski definition) is 3. The van der Waals surface area contributed by atoms with E-state index in [2.05, 4.69) is 0 Å². The fraction of sp³-hybridized carbons (Fsp3) is 0.250. The van der Waals surface area contributed by atoms with Gasteiger partial charge in [0.15, 0.2) is 0 Å². The maximum Gasteiger partial charge on any atom is 0.254 e. The molecule has 1 aromatic heterocycles. The Morgan fingerprint density at radius 3 is 2.14 bits per heavy atom. The van der Waals surface area contributed by atoms with E-state index in [1.807, 2.05) is 16.8 Å². The minimum atomic E-state index is -0.0369. The molecule has 6 heteroatoms. The third kappa shape index (κ3) is 3.15. The van der Waals surface area contributed by atoms with Gasteiger partial charge in [0.05, 0.1) is 5.56 Å². The Hall–Kier alpha value is -1.85. The first kappa shape index (κ1) is 15.1. The molecule has 3 rings (SSSR count). The molecule has 0 saturated carbocycles. The largest absolute Gasteiger partial charge is 0.335 e. The lowest BCUT2D eigenvalue weighted by Gasteiger charge is -2.34. The van der Waals surface area contributed by atoms with Crippen molar-refractivity contribution >= 4 is 34.8 Å². The Bertz CT molecular complexity index is 679. The quantitative estimate of drug-likeness (QED) is 0.847. The zero-order valence-electron chi connectivity index (χ0n) is 11.9. The van der Waals surface area contributed by atoms with Crippen molar-refractivity contribution < 1.29 is 9.59 Å². The molecular formula is C16H15ClN2O2S. The van der Waals surface area contributed by atoms with Crippen LogP contribution in [0.15, 0.2) is 41.1 Å². The van der Waals surface area contributed by atoms with Crippen LogP contribution in [0.5, 0.6) is 0 Å². The van der Waals surface area contributed by atoms with Gasteiger partial charge in [-0.05, 0) is 29.6 Å². The number of hydrogen-bond donors (Lipinski definition) is 0. The zero-order valence-corrected chi connectivity index (χ0v) is 13.4. The maximum atomic E-state index is 12.4. The van der Waals surface area contributed by atoms with Crippen LogP contribution in [0.3, 0.4) is 0 Å². The van der Waals surface area contributed by atoms with Crippen LogP contribution in [0.1, 0.15) is 20.7 Å². The van der Waals surface area contributed by atoms with E-state index in [4.69, 9.17) is 11.6 Å². The Labute approximate surface area is 137 Å². The number of benzene rings is 1. The number of halogens is 1. The Kier molecular flexibility index (Phi) is 4.45. The summed E-state index contributed by atoms with van der Waals surface area (Å²) in [7, 11) is 0. The highest BCUT2D eigenvalue weighted by Crippen LogP contribution is 2.16. The normalized spacial score (nSPS) is 15.0. The summed E-state index contributed by atoms with van der Waals surface area (Å²) in [4.78, 5) is 28.2. The van der Waals surface area contributed by atoms with Crippen LogP contribution in [0.4, 0.5) is 0 Å². The van der Waals surface area contributed by atoms with E-state index in [1.165, 1.54) is 11.3 Å². The Morgan fingerprint density at radius 1 is 0.955 bits per heavy atom. The second-order valence-electron chi connectivity index (χ2n) is 5.11. The minimum Gasteiger partial charge on any atom is -0.335 e. The number of amides is 2. The smallest absolute Gasteiger partial charge is 0.254 e. The van der Waals surface area contributed by atoms with Gasteiger partial charge in [-0.25, -0.2) is 0 Å². The highest BCUT2D eigenvalue weighted by Gasteiger charge is 2.25. The van der Waals surface area contributed by atoms with Crippen LogP contribution in [-0.4, -0.2) is 47.8 Å². The summed E-state index contributed by atoms with van der Waals surface area (Å²) < 4.78 is 0. The summed E-state index contributed by atoms with van der Waals surface area (Å²) in [5.41, 5.74) is 1.31. The van der Waals surface area contributed by atoms with Crippen LogP contribution in [0.25, 0.3) is 0 Å². The van der Waals surface area contributed by atoms with E-state index in [0.717, 1.165) is 5.56 Å². The van der Waals surface area contributed by atoms with Gasteiger partial charge in [-0.3, -0.25) is 9.59 Å². The molecule has 0 unspecified atom stereocenters. The van der Waals surface area contributed by atoms with Gasteiger partial charge in [0.1, 0.15) is 0 Å². The number of rotatable bonds is 2. The van der Waals surface area contributed by atoms with E-state index in [0.29, 0.717) is 36.8 Å². The molecule has 1 aromatic carbocycles. The molecule has 0 N–H and O–H groups in total. The molecule has 0 bridgehead atoms. The molecule has 0 radical (unpaired) electrons. The molecule has 1 aliphatic heterocycles. The molecule has 1 saturated heterocycles. The molecule has 0 spiro atoms. The van der Waals surface area contributed by atoms with Gasteiger partial charge >= 0.3 is 0 Å². The topological polar surface area (TPSA) is 40.6 Å². The molecule has 114 valence electrons. The summed E-state index contributed by atoms with van der Waals surface area (Å²) in [6, 6.07) is 8.78. The van der Waals surface area contributed by atoms with E-state index < -0.39 is 0 Å². The van der Waals surface area contributed by atoms with Gasteiger partial charge in [-0.15, -0.1) is 0 Å². The van der Waals surface area contributed by atoms with Crippen molar-refractivity contribution in [1.29, 1.82) is 0 Å². The predicted molar refractivity (Wildman–Crippen MR) is 87.6 cm³/mol. The lowest BCUT2D eigenvalue weighted by molar-refractivity contribution is 0.0536. The van der Waals surface area contributed by atoms with Gasteiger partial charge in [-0.2, -0.15) is 11.3 Å². The summed E-state index contributed by atoms with van der Waals surface area (Å²) >= 11 is 7.44. The van der Waals surface area contributed by atoms with Crippen LogP contribution in [0.2, 0.25) is 5.02 Å². The van der Waals surface area contributed by atoms with Crippen molar-refractivity contribution in [2.45, 2.75) is 0 Å². The minimum absolute atomic E-state index is 0.0369. The average molecular weight is 335 g/mol. The van der Waals surface area contributed by atoms with Crippen molar-refractivity contribution in [1.82, 2.24) is 9.80 Å². The maximum absolute atomic E-state index is 12.4. The fourth-order valence-electron chi connectivity index (χ4n) is 2.49. The van der Waals surface area contributed by atoms with Crippen molar-refractivity contribution in [2.24, 2.45) is 0 Å². The molecule has 2 amide bonds. The first-order chi connectivity index (χ1) is 10.6. The van der Waals surface area contributed by atoms with Crippen molar-refractivity contribution in [3.63, 3.8) is 0 Å². The van der Waals surface area contributed by atoms with Gasteiger partial charge in [0.2, 0.25) is 0 Å². The SMILES string of the molecule is O=C(c1ccsc1)N1CCN(C(=O)c2cccc(Cl)c2)CC1. The molecule has 0 atom stereocenters. The molecular weight excluding hydrogens is 320 g/mol. The third-order valence-corrected chi connectivity index (χ3v) is 4.61. The zero-order chi connectivity index (χ0) is 15.5. The second-order valence-corrected chi connectivity index (χ2v) is 6.32. The number of nitrogens with zero attached hydrogens (tertiary/aromatic N) is 2. The van der Waals surface area contributed by atoms with Crippen LogP contribution >= 0.6 is 22.9 Å². The molecule has 0 aliphatic carbocycles. The van der Waals surface area contributed by atoms with Gasteiger partial charge < -0.3 is 9.80 Å². The summed E-state index contributed by atoms with van der Waals surface area (Å²) in [6.45, 7) is 2.20. The van der Waals surface area contributed by atoms with Crippen LogP contribution in [0, 0.1) is 0 Å². The van der Waals surface area contributed by atoms with E-state index in [1.54, 1.807) is 34.1 Å². The summed E-state index contributed by atoms with van der Waals surface area (Å²) in [6.07, 6.45) is 0. The highest BCUT2D eigenvalue weighted by atomic mass is 35.5. The molecule has 2 aromatic rings. The second kappa shape index (κ2) is 6.50. The first-order valence-electron chi connectivity index (χ1n) is 7.01. The molecule has 4 nitrogen and oxygen atoms in total. The first-order valence-corrected chi connectivity index (χ1v) is 8.33. The Balaban J connectivity index is 1.62. The number of carbonyl (C=O) groups excluding carboxylic acids is 2. The van der Waals surface area contributed by atoms with Gasteiger partial charge in [0, 0.05) is 42.1 Å². The number of thiophene rings is 1. The monoisotopic (exact) mass is 334 g/mol. The molecule has 1 fully saturated rings. The summed E-state index contributed by atoms with van der Waals surface area (Å²) in [5.74, 6) is 0.00115. The molecule has 2 heterocycles. The highest BCUT2D eigenvalue weighted by molar-refractivity contribution is 7.08. The lowest BCUT2D eigenvalue weighted by Crippen LogP contribution is -2.50. The van der Waals surface area contributed by atoms with E-state index >= 15 is 0 Å².